The molecule has 0 bridgehead atoms. The van der Waals surface area contributed by atoms with Crippen LogP contribution in [-0.2, 0) is 6.54 Å². The number of fused-ring (bicyclic) bond motifs is 1. The molecule has 1 N–H and O–H groups in total. The molecule has 0 aliphatic carbocycles. The summed E-state index contributed by atoms with van der Waals surface area (Å²) in [6.45, 7) is 6.93. The number of aromatic nitrogens is 2. The van der Waals surface area contributed by atoms with E-state index in [1.54, 1.807) is 11.3 Å². The first-order valence-electron chi connectivity index (χ1n) is 6.66. The Morgan fingerprint density at radius 3 is 2.65 bits per heavy atom. The second-order valence-corrected chi connectivity index (χ2v) is 6.21. The Hall–Kier alpha value is -1.94. The van der Waals surface area contributed by atoms with Gasteiger partial charge in [0.2, 0.25) is 0 Å². The van der Waals surface area contributed by atoms with Gasteiger partial charge in [-0.3, -0.25) is 4.98 Å². The SMILES string of the molecule is Cc1ccc2cccc(NCc3sc(C)nc3C)c2n1. The van der Waals surface area contributed by atoms with Crippen molar-refractivity contribution >= 4 is 27.9 Å². The van der Waals surface area contributed by atoms with E-state index < -0.39 is 0 Å². The smallest absolute Gasteiger partial charge is 0.0936 e. The zero-order valence-electron chi connectivity index (χ0n) is 11.9. The van der Waals surface area contributed by atoms with Crippen molar-refractivity contribution in [1.29, 1.82) is 0 Å². The van der Waals surface area contributed by atoms with E-state index in [9.17, 15) is 0 Å². The molecule has 102 valence electrons. The number of para-hydroxylation sites is 1. The molecule has 0 radical (unpaired) electrons. The van der Waals surface area contributed by atoms with Crippen molar-refractivity contribution in [3.63, 3.8) is 0 Å². The molecule has 1 aromatic carbocycles. The van der Waals surface area contributed by atoms with E-state index in [1.165, 1.54) is 4.88 Å². The maximum Gasteiger partial charge on any atom is 0.0936 e. The van der Waals surface area contributed by atoms with E-state index in [0.29, 0.717) is 0 Å². The average Bonchev–Trinajstić information content (AvgIpc) is 2.74. The summed E-state index contributed by atoms with van der Waals surface area (Å²) in [5, 5.41) is 5.77. The summed E-state index contributed by atoms with van der Waals surface area (Å²) >= 11 is 1.75. The van der Waals surface area contributed by atoms with Gasteiger partial charge in [-0.1, -0.05) is 18.2 Å². The van der Waals surface area contributed by atoms with Crippen molar-refractivity contribution in [3.05, 3.63) is 51.6 Å². The van der Waals surface area contributed by atoms with Crippen molar-refractivity contribution in [2.75, 3.05) is 5.32 Å². The molecule has 0 fully saturated rings. The lowest BCUT2D eigenvalue weighted by Crippen LogP contribution is -2.00. The molecule has 0 aliphatic heterocycles. The fourth-order valence-corrected chi connectivity index (χ4v) is 3.18. The molecule has 2 heterocycles. The molecule has 2 aromatic heterocycles. The number of hydrogen-bond acceptors (Lipinski definition) is 4. The first-order valence-corrected chi connectivity index (χ1v) is 7.48. The zero-order chi connectivity index (χ0) is 14.1. The van der Waals surface area contributed by atoms with Crippen LogP contribution in [0.2, 0.25) is 0 Å². The van der Waals surface area contributed by atoms with Gasteiger partial charge in [0.1, 0.15) is 0 Å². The molecule has 0 aliphatic rings. The highest BCUT2D eigenvalue weighted by atomic mass is 32.1. The standard InChI is InChI=1S/C16H17N3S/c1-10-7-8-13-5-4-6-14(16(13)18-10)17-9-15-11(2)19-12(3)20-15/h4-8,17H,9H2,1-3H3. The molecule has 20 heavy (non-hydrogen) atoms. The van der Waals surface area contributed by atoms with Crippen molar-refractivity contribution in [1.82, 2.24) is 9.97 Å². The minimum atomic E-state index is 0.798. The van der Waals surface area contributed by atoms with E-state index in [1.807, 2.05) is 19.9 Å². The lowest BCUT2D eigenvalue weighted by atomic mass is 10.1. The van der Waals surface area contributed by atoms with Gasteiger partial charge in [-0.05, 0) is 32.9 Å². The number of aryl methyl sites for hydroxylation is 3. The van der Waals surface area contributed by atoms with Crippen molar-refractivity contribution < 1.29 is 0 Å². The van der Waals surface area contributed by atoms with Crippen molar-refractivity contribution in [2.24, 2.45) is 0 Å². The number of rotatable bonds is 3. The highest BCUT2D eigenvalue weighted by Crippen LogP contribution is 2.24. The molecule has 0 spiro atoms. The predicted octanol–water partition coefficient (Wildman–Crippen LogP) is 4.23. The van der Waals surface area contributed by atoms with Crippen LogP contribution in [0.25, 0.3) is 10.9 Å². The van der Waals surface area contributed by atoms with Crippen LogP contribution < -0.4 is 5.32 Å². The predicted molar refractivity (Wildman–Crippen MR) is 85.4 cm³/mol. The third kappa shape index (κ3) is 2.51. The molecule has 0 amide bonds. The van der Waals surface area contributed by atoms with Gasteiger partial charge in [0.25, 0.3) is 0 Å². The number of pyridine rings is 1. The maximum atomic E-state index is 4.64. The summed E-state index contributed by atoms with van der Waals surface area (Å²) in [5.74, 6) is 0. The first kappa shape index (κ1) is 13.1. The summed E-state index contributed by atoms with van der Waals surface area (Å²) in [4.78, 5) is 10.4. The number of benzene rings is 1. The van der Waals surface area contributed by atoms with Crippen LogP contribution >= 0.6 is 11.3 Å². The van der Waals surface area contributed by atoms with Crippen LogP contribution in [0.4, 0.5) is 5.69 Å². The fraction of sp³-hybridized carbons (Fsp3) is 0.250. The fourth-order valence-electron chi connectivity index (χ4n) is 2.30. The number of thiazole rings is 1. The molecule has 3 aromatic rings. The van der Waals surface area contributed by atoms with Crippen LogP contribution in [0.5, 0.6) is 0 Å². The molecule has 0 saturated heterocycles. The summed E-state index contributed by atoms with van der Waals surface area (Å²) in [5.41, 5.74) is 4.27. The molecule has 3 nitrogen and oxygen atoms in total. The van der Waals surface area contributed by atoms with E-state index in [2.05, 4.69) is 46.5 Å². The quantitative estimate of drug-likeness (QED) is 0.781. The lowest BCUT2D eigenvalue weighted by Gasteiger charge is -2.09. The molecule has 0 unspecified atom stereocenters. The normalized spacial score (nSPS) is 10.9. The Bertz CT molecular complexity index is 762. The Kier molecular flexibility index (Phi) is 3.40. The highest BCUT2D eigenvalue weighted by Gasteiger charge is 2.06. The van der Waals surface area contributed by atoms with Crippen LogP contribution in [0.3, 0.4) is 0 Å². The molecule has 3 rings (SSSR count). The Morgan fingerprint density at radius 1 is 1.05 bits per heavy atom. The number of anilines is 1. The number of nitrogens with zero attached hydrogens (tertiary/aromatic N) is 2. The minimum Gasteiger partial charge on any atom is -0.378 e. The van der Waals surface area contributed by atoms with Gasteiger partial charge < -0.3 is 5.32 Å². The van der Waals surface area contributed by atoms with Gasteiger partial charge in [0.05, 0.1) is 28.5 Å². The monoisotopic (exact) mass is 283 g/mol. The molecule has 4 heteroatoms. The van der Waals surface area contributed by atoms with E-state index in [-0.39, 0.29) is 0 Å². The molecule has 0 atom stereocenters. The van der Waals surface area contributed by atoms with E-state index in [0.717, 1.165) is 39.5 Å². The van der Waals surface area contributed by atoms with Crippen LogP contribution in [0.1, 0.15) is 21.3 Å². The van der Waals surface area contributed by atoms with Gasteiger partial charge >= 0.3 is 0 Å². The summed E-state index contributed by atoms with van der Waals surface area (Å²) in [6, 6.07) is 10.4. The number of nitrogens with one attached hydrogen (secondary N) is 1. The summed E-state index contributed by atoms with van der Waals surface area (Å²) in [7, 11) is 0. The van der Waals surface area contributed by atoms with Crippen LogP contribution in [-0.4, -0.2) is 9.97 Å². The number of hydrogen-bond donors (Lipinski definition) is 1. The lowest BCUT2D eigenvalue weighted by molar-refractivity contribution is 1.11. The third-order valence-corrected chi connectivity index (χ3v) is 4.37. The van der Waals surface area contributed by atoms with Gasteiger partial charge in [-0.15, -0.1) is 11.3 Å². The van der Waals surface area contributed by atoms with E-state index in [4.69, 9.17) is 0 Å². The van der Waals surface area contributed by atoms with Crippen molar-refractivity contribution in [3.8, 4) is 0 Å². The van der Waals surface area contributed by atoms with Gasteiger partial charge in [-0.25, -0.2) is 4.98 Å². The Morgan fingerprint density at radius 2 is 1.90 bits per heavy atom. The second-order valence-electron chi connectivity index (χ2n) is 4.92. The summed E-state index contributed by atoms with van der Waals surface area (Å²) in [6.07, 6.45) is 0. The largest absolute Gasteiger partial charge is 0.378 e. The Labute approximate surface area is 122 Å². The molecule has 0 saturated carbocycles. The Balaban J connectivity index is 1.91. The zero-order valence-corrected chi connectivity index (χ0v) is 12.7. The summed E-state index contributed by atoms with van der Waals surface area (Å²) < 4.78 is 0. The van der Waals surface area contributed by atoms with Crippen LogP contribution in [0.15, 0.2) is 30.3 Å². The highest BCUT2D eigenvalue weighted by molar-refractivity contribution is 7.11. The van der Waals surface area contributed by atoms with Crippen molar-refractivity contribution in [2.45, 2.75) is 27.3 Å². The van der Waals surface area contributed by atoms with Crippen LogP contribution in [0, 0.1) is 20.8 Å². The molecular weight excluding hydrogens is 266 g/mol. The minimum absolute atomic E-state index is 0.798. The van der Waals surface area contributed by atoms with E-state index >= 15 is 0 Å². The maximum absolute atomic E-state index is 4.64. The first-order chi connectivity index (χ1) is 9.63. The average molecular weight is 283 g/mol. The topological polar surface area (TPSA) is 37.8 Å². The second kappa shape index (κ2) is 5.21. The third-order valence-electron chi connectivity index (χ3n) is 3.30. The van der Waals surface area contributed by atoms with Gasteiger partial charge in [-0.2, -0.15) is 0 Å². The molecular formula is C16H17N3S. The van der Waals surface area contributed by atoms with Gasteiger partial charge in [0.15, 0.2) is 0 Å². The van der Waals surface area contributed by atoms with Gasteiger partial charge in [0, 0.05) is 16.0 Å².